The second kappa shape index (κ2) is 23.2. The van der Waals surface area contributed by atoms with Gasteiger partial charge in [-0.3, -0.25) is 38.4 Å². The van der Waals surface area contributed by atoms with Gasteiger partial charge in [0.1, 0.15) is 34.2 Å². The van der Waals surface area contributed by atoms with Crippen LogP contribution in [0.1, 0.15) is 102 Å². The zero-order valence-electron chi connectivity index (χ0n) is 45.9. The average molecular weight is 1120 g/mol. The minimum atomic E-state index is -1.15. The second-order valence-corrected chi connectivity index (χ2v) is 20.6. The van der Waals surface area contributed by atoms with Crippen molar-refractivity contribution < 1.29 is 43.5 Å². The van der Waals surface area contributed by atoms with Crippen molar-refractivity contribution in [3.8, 4) is 0 Å². The van der Waals surface area contributed by atoms with Crippen molar-refractivity contribution in [3.05, 3.63) is 154 Å². The molecule has 1 aliphatic heterocycles. The topological polar surface area (TPSA) is 274 Å². The predicted molar refractivity (Wildman–Crippen MR) is 306 cm³/mol. The summed E-state index contributed by atoms with van der Waals surface area (Å²) in [6.45, 7) is 4.02. The zero-order valence-corrected chi connectivity index (χ0v) is 46.7. The highest BCUT2D eigenvalue weighted by atomic mass is 35.5. The molecule has 6 aromatic heterocycles. The molecule has 24 heteroatoms. The molecule has 81 heavy (non-hydrogen) atoms. The summed E-state index contributed by atoms with van der Waals surface area (Å²) in [7, 11) is 10.0. The number of nitrogens with one attached hydrogen (secondary N) is 7. The van der Waals surface area contributed by atoms with Crippen LogP contribution in [0, 0.1) is 5.92 Å². The molecule has 7 heterocycles. The van der Waals surface area contributed by atoms with Crippen LogP contribution in [-0.2, 0) is 51.9 Å². The van der Waals surface area contributed by atoms with Crippen LogP contribution in [0.4, 0.5) is 34.1 Å². The molecule has 23 nitrogen and oxygen atoms in total. The molecule has 2 aliphatic carbocycles. The summed E-state index contributed by atoms with van der Waals surface area (Å²) in [6.07, 6.45) is 17.5. The maximum absolute atomic E-state index is 14.4. The van der Waals surface area contributed by atoms with Crippen LogP contribution in [0.15, 0.2) is 120 Å². The molecule has 3 unspecified atom stereocenters. The van der Waals surface area contributed by atoms with Crippen molar-refractivity contribution in [2.24, 2.45) is 48.2 Å². The Balaban J connectivity index is 0.814. The lowest BCUT2D eigenvalue weighted by Gasteiger charge is -2.29. The Hall–Kier alpha value is -9.35. The fourth-order valence-corrected chi connectivity index (χ4v) is 10.5. The Labute approximate surface area is 470 Å². The smallest absolute Gasteiger partial charge is 0.274 e. The van der Waals surface area contributed by atoms with Gasteiger partial charge in [-0.1, -0.05) is 32.1 Å². The zero-order chi connectivity index (χ0) is 58.1. The summed E-state index contributed by atoms with van der Waals surface area (Å²) in [5.41, 5.74) is 6.44. The number of aromatic nitrogens is 6. The van der Waals surface area contributed by atoms with Crippen molar-refractivity contribution >= 4 is 93.0 Å². The number of hydrogen-bond acceptors (Lipinski definition) is 9. The number of likely N-dealkylation sites (tertiary alicyclic amines) is 1. The van der Waals surface area contributed by atoms with E-state index < -0.39 is 41.7 Å². The third-order valence-corrected chi connectivity index (χ3v) is 14.5. The lowest BCUT2D eigenvalue weighted by Crippen LogP contribution is -2.36. The number of fused-ring (bicyclic) bond motifs is 2. The molecule has 8 N–H and O–H groups in total. The summed E-state index contributed by atoms with van der Waals surface area (Å²) in [5.74, 6) is -3.16. The van der Waals surface area contributed by atoms with E-state index in [4.69, 9.17) is 11.6 Å². The van der Waals surface area contributed by atoms with Gasteiger partial charge >= 0.3 is 0 Å². The van der Waals surface area contributed by atoms with Gasteiger partial charge in [0.15, 0.2) is 0 Å². The molecule has 9 rings (SSSR count). The number of aliphatic hydroxyl groups is 1. The van der Waals surface area contributed by atoms with Gasteiger partial charge in [-0.05, 0) is 72.0 Å². The maximum Gasteiger partial charge on any atom is 0.274 e. The van der Waals surface area contributed by atoms with Crippen LogP contribution < -0.4 is 37.2 Å². The summed E-state index contributed by atoms with van der Waals surface area (Å²) >= 11 is 6.58. The van der Waals surface area contributed by atoms with Crippen LogP contribution in [-0.4, -0.2) is 109 Å². The number of aliphatic hydroxyl groups excluding tert-OH is 1. The van der Waals surface area contributed by atoms with E-state index in [1.165, 1.54) is 18.2 Å². The summed E-state index contributed by atoms with van der Waals surface area (Å²) in [5, 5.41) is 31.5. The Morgan fingerprint density at radius 1 is 0.519 bits per heavy atom. The van der Waals surface area contributed by atoms with Gasteiger partial charge in [-0.25, -0.2) is 0 Å². The summed E-state index contributed by atoms with van der Waals surface area (Å²) in [4.78, 5) is 108. The summed E-state index contributed by atoms with van der Waals surface area (Å²) in [6, 6.07) is 8.65. The SMILES string of the molecule is CCCC(=O)Nc1cc(C(=O)Nc2cc(C(=O)Nc3cc(C(=O)NC4C=CC5=C6C(=CC(O)C5=C4)N(C(=O)c4cc(NC(=O)c5cc(NC(=O)c7cc(NC(=O)CCC)cn7C)cn5C)cn4C)CC6CCl)n(C)c3)n(C)c2)n(C)c1. The molecule has 3 aliphatic rings. The number of hydrogen-bond donors (Lipinski definition) is 8. The minimum absolute atomic E-state index is 0.151. The molecule has 1 saturated heterocycles. The second-order valence-electron chi connectivity index (χ2n) is 20.3. The van der Waals surface area contributed by atoms with E-state index in [0.29, 0.717) is 88.0 Å². The van der Waals surface area contributed by atoms with Crippen molar-refractivity contribution in [1.29, 1.82) is 0 Å². The Morgan fingerprint density at radius 2 is 0.877 bits per heavy atom. The van der Waals surface area contributed by atoms with Crippen molar-refractivity contribution in [3.63, 3.8) is 0 Å². The minimum Gasteiger partial charge on any atom is -0.384 e. The van der Waals surface area contributed by atoms with E-state index in [2.05, 4.69) is 37.2 Å². The first-order chi connectivity index (χ1) is 38.6. The first-order valence-electron chi connectivity index (χ1n) is 26.2. The molecule has 0 spiro atoms. The largest absolute Gasteiger partial charge is 0.384 e. The Bertz CT molecular complexity index is 3700. The van der Waals surface area contributed by atoms with Gasteiger partial charge < -0.3 is 74.6 Å². The van der Waals surface area contributed by atoms with Crippen LogP contribution in [0.3, 0.4) is 0 Å². The molecule has 0 radical (unpaired) electrons. The highest BCUT2D eigenvalue weighted by molar-refractivity contribution is 6.18. The van der Waals surface area contributed by atoms with Gasteiger partial charge in [0.05, 0.1) is 46.3 Å². The van der Waals surface area contributed by atoms with Crippen molar-refractivity contribution in [2.75, 3.05) is 44.3 Å². The maximum atomic E-state index is 14.4. The van der Waals surface area contributed by atoms with Crippen LogP contribution in [0.5, 0.6) is 0 Å². The third kappa shape index (κ3) is 11.8. The molecular formula is C57H63ClN14O9. The van der Waals surface area contributed by atoms with Crippen LogP contribution in [0.2, 0.25) is 0 Å². The van der Waals surface area contributed by atoms with Crippen molar-refractivity contribution in [2.45, 2.75) is 51.7 Å². The number of amides is 8. The number of rotatable bonds is 18. The number of alkyl halides is 1. The van der Waals surface area contributed by atoms with Crippen LogP contribution >= 0.6 is 11.6 Å². The first-order valence-corrected chi connectivity index (χ1v) is 26.7. The molecule has 0 bridgehead atoms. The van der Waals surface area contributed by atoms with Gasteiger partial charge in [-0.15, -0.1) is 11.6 Å². The quantitative estimate of drug-likeness (QED) is 0.0444. The normalized spacial score (nSPS) is 16.3. The molecular weight excluding hydrogens is 1060 g/mol. The van der Waals surface area contributed by atoms with E-state index in [0.717, 1.165) is 5.57 Å². The molecule has 3 atom stereocenters. The molecule has 0 saturated carbocycles. The summed E-state index contributed by atoms with van der Waals surface area (Å²) < 4.78 is 9.48. The van der Waals surface area contributed by atoms with E-state index in [1.807, 2.05) is 19.9 Å². The monoisotopic (exact) mass is 1120 g/mol. The van der Waals surface area contributed by atoms with E-state index in [1.54, 1.807) is 148 Å². The van der Waals surface area contributed by atoms with Gasteiger partial charge in [-0.2, -0.15) is 0 Å². The van der Waals surface area contributed by atoms with Gasteiger partial charge in [0.25, 0.3) is 35.4 Å². The van der Waals surface area contributed by atoms with Crippen molar-refractivity contribution in [1.82, 2.24) is 37.6 Å². The van der Waals surface area contributed by atoms with E-state index >= 15 is 0 Å². The molecule has 0 aromatic carbocycles. The molecule has 1 fully saturated rings. The lowest BCUT2D eigenvalue weighted by molar-refractivity contribution is -0.117. The van der Waals surface area contributed by atoms with E-state index in [9.17, 15) is 43.5 Å². The third-order valence-electron chi connectivity index (χ3n) is 14.1. The fraction of sp³-hybridized carbons (Fsp3) is 0.298. The highest BCUT2D eigenvalue weighted by Gasteiger charge is 2.42. The van der Waals surface area contributed by atoms with Gasteiger partial charge in [0, 0.05) is 116 Å². The first kappa shape index (κ1) is 56.4. The molecule has 422 valence electrons. The highest BCUT2D eigenvalue weighted by Crippen LogP contribution is 2.44. The Morgan fingerprint density at radius 3 is 1.26 bits per heavy atom. The number of carbonyl (C=O) groups is 8. The number of carbonyl (C=O) groups excluding carboxylic acids is 8. The number of nitrogens with zero attached hydrogens (tertiary/aromatic N) is 7. The number of aryl methyl sites for hydroxylation is 6. The molecule has 8 amide bonds. The predicted octanol–water partition coefficient (Wildman–Crippen LogP) is 6.36. The van der Waals surface area contributed by atoms with Gasteiger partial charge in [0.2, 0.25) is 11.8 Å². The molecule has 6 aromatic rings. The Kier molecular flexibility index (Phi) is 16.1. The standard InChI is InChI=1S/C57H63ClN14O9/c1-9-11-49(74)59-33-16-42(66(3)25-33)53(77)62-36-19-45(69(6)28-36)55(79)64-35-18-44(68(5)27-35)52(76)61-32-13-14-39-40(15-32)48(73)22-41-51(39)31(23-58)24-72(41)57(81)47-21-38(30-71(47)8)65-56(80)46-20-37(29-70(46)7)63-54(78)43-17-34(26-67(43)4)60-50(75)12-10-2/h13-22,25-32,48,73H,9-12,23-24H2,1-8H3,(H,59,74)(H,60,75)(H,61,76)(H,62,77)(H,63,78)(H,64,79)(H,65,80). The van der Waals surface area contributed by atoms with Crippen LogP contribution in [0.25, 0.3) is 0 Å². The number of anilines is 6. The number of allylic oxidation sites excluding steroid dienone is 2. The average Bonchev–Trinajstić information content (AvgIpc) is 3.87. The van der Waals surface area contributed by atoms with E-state index in [-0.39, 0.29) is 58.8 Å². The fourth-order valence-electron chi connectivity index (χ4n) is 10.3. The number of halogens is 1. The lowest BCUT2D eigenvalue weighted by atomic mass is 9.81.